The number of carboxylic acid groups (broad SMARTS) is 1. The van der Waals surface area contributed by atoms with Gasteiger partial charge >= 0.3 is 5.97 Å². The van der Waals surface area contributed by atoms with Gasteiger partial charge in [0.05, 0.1) is 5.69 Å². The maximum Gasteiger partial charge on any atom is 0.356 e. The van der Waals surface area contributed by atoms with E-state index in [1.54, 1.807) is 0 Å². The van der Waals surface area contributed by atoms with E-state index < -0.39 is 5.97 Å². The van der Waals surface area contributed by atoms with Gasteiger partial charge in [-0.2, -0.15) is 0 Å². The third-order valence-electron chi connectivity index (χ3n) is 2.99. The fourth-order valence-electron chi connectivity index (χ4n) is 2.20. The third-order valence-corrected chi connectivity index (χ3v) is 2.99. The Bertz CT molecular complexity index is 614. The number of hydrogen-bond donors (Lipinski definition) is 1. The first-order valence-corrected chi connectivity index (χ1v) is 6.32. The number of aromatic nitrogens is 2. The number of aromatic carboxylic acids is 1. The van der Waals surface area contributed by atoms with Crippen LogP contribution in [0.4, 0.5) is 5.69 Å². The van der Waals surface area contributed by atoms with Crippen molar-refractivity contribution in [2.45, 2.75) is 20.3 Å². The normalized spacial score (nSPS) is 11.2. The van der Waals surface area contributed by atoms with Crippen LogP contribution in [0.3, 0.4) is 0 Å². The Morgan fingerprint density at radius 2 is 2.16 bits per heavy atom. The van der Waals surface area contributed by atoms with Crippen molar-refractivity contribution in [3.05, 3.63) is 29.8 Å². The van der Waals surface area contributed by atoms with E-state index in [2.05, 4.69) is 18.8 Å². The molecule has 2 aromatic heterocycles. The lowest BCUT2D eigenvalue weighted by molar-refractivity contribution is 0.0693. The molecule has 0 aliphatic rings. The number of imidazole rings is 1. The van der Waals surface area contributed by atoms with E-state index in [4.69, 9.17) is 0 Å². The van der Waals surface area contributed by atoms with Crippen LogP contribution in [0.2, 0.25) is 0 Å². The predicted octanol–water partition coefficient (Wildman–Crippen LogP) is 2.30. The molecule has 5 heteroatoms. The number of anilines is 1. The average Bonchev–Trinajstić information content (AvgIpc) is 2.67. The molecule has 0 bridgehead atoms. The summed E-state index contributed by atoms with van der Waals surface area (Å²) in [5.41, 5.74) is 1.65. The lowest BCUT2D eigenvalue weighted by Crippen LogP contribution is -2.11. The van der Waals surface area contributed by atoms with Gasteiger partial charge in [-0.05, 0) is 18.1 Å². The smallest absolute Gasteiger partial charge is 0.356 e. The topological polar surface area (TPSA) is 57.8 Å². The second-order valence-electron chi connectivity index (χ2n) is 5.29. The molecule has 2 rings (SSSR count). The van der Waals surface area contributed by atoms with Crippen LogP contribution in [-0.4, -0.2) is 34.6 Å². The van der Waals surface area contributed by atoms with Crippen molar-refractivity contribution in [1.82, 2.24) is 9.38 Å². The highest BCUT2D eigenvalue weighted by molar-refractivity contribution is 5.98. The average molecular weight is 261 g/mol. The lowest BCUT2D eigenvalue weighted by atomic mass is 10.1. The summed E-state index contributed by atoms with van der Waals surface area (Å²) in [4.78, 5) is 17.6. The number of nitrogens with zero attached hydrogens (tertiary/aromatic N) is 3. The maximum absolute atomic E-state index is 11.4. The summed E-state index contributed by atoms with van der Waals surface area (Å²) in [6.07, 6.45) is 2.63. The Kier molecular flexibility index (Phi) is 3.46. The molecule has 0 fully saturated rings. The molecule has 1 N–H and O–H groups in total. The number of fused-ring (bicyclic) bond motifs is 1. The molecule has 0 amide bonds. The molecule has 102 valence electrons. The van der Waals surface area contributed by atoms with Gasteiger partial charge in [0.25, 0.3) is 0 Å². The second kappa shape index (κ2) is 4.91. The first kappa shape index (κ1) is 13.4. The van der Waals surface area contributed by atoms with E-state index in [-0.39, 0.29) is 5.69 Å². The molecule has 0 radical (unpaired) electrons. The lowest BCUT2D eigenvalue weighted by Gasteiger charge is -2.14. The van der Waals surface area contributed by atoms with Gasteiger partial charge in [-0.15, -0.1) is 0 Å². The van der Waals surface area contributed by atoms with Crippen molar-refractivity contribution in [2.24, 2.45) is 5.92 Å². The molecule has 0 spiro atoms. The molecule has 0 atom stereocenters. The fourth-order valence-corrected chi connectivity index (χ4v) is 2.20. The van der Waals surface area contributed by atoms with Crippen molar-refractivity contribution < 1.29 is 9.90 Å². The Labute approximate surface area is 112 Å². The molecular weight excluding hydrogens is 242 g/mol. The van der Waals surface area contributed by atoms with Gasteiger partial charge < -0.3 is 14.4 Å². The van der Waals surface area contributed by atoms with Crippen LogP contribution in [0.1, 0.15) is 30.2 Å². The van der Waals surface area contributed by atoms with Gasteiger partial charge in [0, 0.05) is 26.7 Å². The number of carbonyl (C=O) groups is 1. The van der Waals surface area contributed by atoms with Crippen LogP contribution in [0.15, 0.2) is 18.3 Å². The third kappa shape index (κ3) is 2.41. The number of rotatable bonds is 4. The molecule has 19 heavy (non-hydrogen) atoms. The first-order valence-electron chi connectivity index (χ1n) is 6.32. The Morgan fingerprint density at radius 3 is 2.68 bits per heavy atom. The van der Waals surface area contributed by atoms with Crippen molar-refractivity contribution in [1.29, 1.82) is 0 Å². The molecule has 0 saturated carbocycles. The molecule has 0 aliphatic heterocycles. The first-order chi connectivity index (χ1) is 8.91. The molecule has 2 heterocycles. The standard InChI is InChI=1S/C14H19N3O2/c1-9(2)8-11-15-12(14(18)19)13-10(16(3)4)6-5-7-17(11)13/h5-7,9H,8H2,1-4H3,(H,18,19). The zero-order valence-electron chi connectivity index (χ0n) is 11.7. The quantitative estimate of drug-likeness (QED) is 0.917. The number of pyridine rings is 1. The summed E-state index contributed by atoms with van der Waals surface area (Å²) in [5.74, 6) is 0.239. The Hall–Kier alpha value is -2.04. The summed E-state index contributed by atoms with van der Waals surface area (Å²) in [7, 11) is 3.80. The van der Waals surface area contributed by atoms with Crippen molar-refractivity contribution in [3.8, 4) is 0 Å². The van der Waals surface area contributed by atoms with Crippen molar-refractivity contribution in [3.63, 3.8) is 0 Å². The summed E-state index contributed by atoms with van der Waals surface area (Å²) in [6, 6.07) is 3.82. The Balaban J connectivity index is 2.75. The second-order valence-corrected chi connectivity index (χ2v) is 5.29. The van der Waals surface area contributed by atoms with Gasteiger partial charge in [0.15, 0.2) is 5.69 Å². The SMILES string of the molecule is CC(C)Cc1nc(C(=O)O)c2c(N(C)C)cccn12. The van der Waals surface area contributed by atoms with Crippen molar-refractivity contribution >= 4 is 17.2 Å². The molecular formula is C14H19N3O2. The van der Waals surface area contributed by atoms with Gasteiger partial charge in [-0.3, -0.25) is 0 Å². The molecule has 2 aromatic rings. The summed E-state index contributed by atoms with van der Waals surface area (Å²) in [6.45, 7) is 4.19. The van der Waals surface area contributed by atoms with Crippen LogP contribution < -0.4 is 4.90 Å². The van der Waals surface area contributed by atoms with Crippen LogP contribution in [0.5, 0.6) is 0 Å². The molecule has 0 aromatic carbocycles. The minimum Gasteiger partial charge on any atom is -0.476 e. The van der Waals surface area contributed by atoms with Gasteiger partial charge in [-0.25, -0.2) is 9.78 Å². The highest BCUT2D eigenvalue weighted by Gasteiger charge is 2.20. The van der Waals surface area contributed by atoms with Crippen LogP contribution >= 0.6 is 0 Å². The number of carboxylic acids is 1. The zero-order chi connectivity index (χ0) is 14.2. The zero-order valence-corrected chi connectivity index (χ0v) is 11.7. The highest BCUT2D eigenvalue weighted by Crippen LogP contribution is 2.25. The van der Waals surface area contributed by atoms with Crippen LogP contribution in [0, 0.1) is 5.92 Å². The molecule has 0 unspecified atom stereocenters. The van der Waals surface area contributed by atoms with Crippen molar-refractivity contribution in [2.75, 3.05) is 19.0 Å². The van der Waals surface area contributed by atoms with Gasteiger partial charge in [0.2, 0.25) is 0 Å². The fraction of sp³-hybridized carbons (Fsp3) is 0.429. The van der Waals surface area contributed by atoms with Crippen LogP contribution in [0.25, 0.3) is 5.52 Å². The monoisotopic (exact) mass is 261 g/mol. The Morgan fingerprint density at radius 1 is 1.47 bits per heavy atom. The van der Waals surface area contributed by atoms with E-state index in [1.165, 1.54) is 0 Å². The minimum absolute atomic E-state index is 0.125. The van der Waals surface area contributed by atoms with E-state index in [0.29, 0.717) is 11.4 Å². The van der Waals surface area contributed by atoms with Crippen LogP contribution in [-0.2, 0) is 6.42 Å². The summed E-state index contributed by atoms with van der Waals surface area (Å²) < 4.78 is 1.89. The molecule has 0 aliphatic carbocycles. The largest absolute Gasteiger partial charge is 0.476 e. The maximum atomic E-state index is 11.4. The van der Waals surface area contributed by atoms with Gasteiger partial charge in [0.1, 0.15) is 11.3 Å². The van der Waals surface area contributed by atoms with Gasteiger partial charge in [-0.1, -0.05) is 13.8 Å². The predicted molar refractivity (Wildman–Crippen MR) is 75.0 cm³/mol. The molecule has 5 nitrogen and oxygen atoms in total. The highest BCUT2D eigenvalue weighted by atomic mass is 16.4. The summed E-state index contributed by atoms with van der Waals surface area (Å²) >= 11 is 0. The van der Waals surface area contributed by atoms with E-state index >= 15 is 0 Å². The number of hydrogen-bond acceptors (Lipinski definition) is 3. The minimum atomic E-state index is -0.984. The molecule has 0 saturated heterocycles. The van der Waals surface area contributed by atoms with E-state index in [0.717, 1.165) is 17.9 Å². The van der Waals surface area contributed by atoms with E-state index in [9.17, 15) is 9.90 Å². The summed E-state index contributed by atoms with van der Waals surface area (Å²) in [5, 5.41) is 9.34. The van der Waals surface area contributed by atoms with E-state index in [1.807, 2.05) is 41.7 Å².